The van der Waals surface area contributed by atoms with Gasteiger partial charge >= 0.3 is 11.9 Å². The zero-order chi connectivity index (χ0) is 15.4. The number of carboxylic acid groups (broad SMARTS) is 2. The van der Waals surface area contributed by atoms with Crippen LogP contribution in [0, 0.1) is 5.82 Å². The highest BCUT2D eigenvalue weighted by atomic mass is 19.1. The van der Waals surface area contributed by atoms with E-state index >= 15 is 0 Å². The van der Waals surface area contributed by atoms with Crippen molar-refractivity contribution in [3.05, 3.63) is 35.8 Å². The van der Waals surface area contributed by atoms with Crippen LogP contribution >= 0.6 is 0 Å². The highest BCUT2D eigenvalue weighted by molar-refractivity contribution is 6.27. The second-order valence-electron chi connectivity index (χ2n) is 4.73. The molecular weight excluding hydrogens is 279 g/mol. The predicted octanol–water partition coefficient (Wildman–Crippen LogP) is 1.54. The maximum Gasteiger partial charge on any atom is 0.414 e. The molecule has 1 unspecified atom stereocenters. The molecule has 7 heteroatoms. The van der Waals surface area contributed by atoms with E-state index in [4.69, 9.17) is 19.8 Å². The van der Waals surface area contributed by atoms with Gasteiger partial charge in [-0.05, 0) is 42.6 Å². The van der Waals surface area contributed by atoms with E-state index in [1.54, 1.807) is 12.1 Å². The average Bonchev–Trinajstić information content (AvgIpc) is 3.06. The zero-order valence-corrected chi connectivity index (χ0v) is 11.1. The SMILES string of the molecule is Fc1ccc2[nH]cc(C3CCNC3)c2c1.O=C(O)C(=O)O. The van der Waals surface area contributed by atoms with Crippen molar-refractivity contribution < 1.29 is 24.2 Å². The highest BCUT2D eigenvalue weighted by Crippen LogP contribution is 2.29. The molecule has 2 heterocycles. The summed E-state index contributed by atoms with van der Waals surface area (Å²) in [5.74, 6) is -3.28. The fourth-order valence-electron chi connectivity index (χ4n) is 2.37. The van der Waals surface area contributed by atoms with Gasteiger partial charge in [-0.3, -0.25) is 0 Å². The topological polar surface area (TPSA) is 102 Å². The fourth-order valence-corrected chi connectivity index (χ4v) is 2.37. The lowest BCUT2D eigenvalue weighted by molar-refractivity contribution is -0.159. The number of benzene rings is 1. The number of halogens is 1. The molecule has 0 bridgehead atoms. The van der Waals surface area contributed by atoms with Crippen molar-refractivity contribution in [1.29, 1.82) is 0 Å². The third-order valence-corrected chi connectivity index (χ3v) is 3.36. The number of carbonyl (C=O) groups is 2. The fraction of sp³-hybridized carbons (Fsp3) is 0.286. The minimum atomic E-state index is -1.82. The van der Waals surface area contributed by atoms with Gasteiger partial charge in [-0.2, -0.15) is 0 Å². The lowest BCUT2D eigenvalue weighted by atomic mass is 9.98. The number of aromatic amines is 1. The van der Waals surface area contributed by atoms with Gasteiger partial charge in [-0.25, -0.2) is 14.0 Å². The van der Waals surface area contributed by atoms with Crippen molar-refractivity contribution in [2.24, 2.45) is 0 Å². The van der Waals surface area contributed by atoms with Crippen LogP contribution in [0.3, 0.4) is 0 Å². The second kappa shape index (κ2) is 6.36. The van der Waals surface area contributed by atoms with Gasteiger partial charge in [-0.15, -0.1) is 0 Å². The van der Waals surface area contributed by atoms with Gasteiger partial charge in [0, 0.05) is 23.6 Å². The number of aliphatic carboxylic acids is 2. The summed E-state index contributed by atoms with van der Waals surface area (Å²) >= 11 is 0. The summed E-state index contributed by atoms with van der Waals surface area (Å²) in [5.41, 5.74) is 2.27. The summed E-state index contributed by atoms with van der Waals surface area (Å²) < 4.78 is 13.2. The van der Waals surface area contributed by atoms with Crippen LogP contribution in [-0.2, 0) is 9.59 Å². The summed E-state index contributed by atoms with van der Waals surface area (Å²) in [5, 5.41) is 19.1. The first-order valence-electron chi connectivity index (χ1n) is 6.42. The third-order valence-electron chi connectivity index (χ3n) is 3.36. The maximum absolute atomic E-state index is 13.2. The van der Waals surface area contributed by atoms with Crippen LogP contribution in [0.4, 0.5) is 4.39 Å². The van der Waals surface area contributed by atoms with Crippen LogP contribution in [0.2, 0.25) is 0 Å². The maximum atomic E-state index is 13.2. The molecule has 6 nitrogen and oxygen atoms in total. The summed E-state index contributed by atoms with van der Waals surface area (Å²) in [6.07, 6.45) is 3.16. The van der Waals surface area contributed by atoms with E-state index in [0.29, 0.717) is 5.92 Å². The Bertz CT molecular complexity index is 650. The van der Waals surface area contributed by atoms with Crippen molar-refractivity contribution >= 4 is 22.8 Å². The van der Waals surface area contributed by atoms with Gasteiger partial charge in [0.25, 0.3) is 0 Å². The molecule has 3 rings (SSSR count). The van der Waals surface area contributed by atoms with Crippen LogP contribution in [0.5, 0.6) is 0 Å². The minimum Gasteiger partial charge on any atom is -0.473 e. The standard InChI is InChI=1S/C12H13FN2.C2H2O4/c13-9-1-2-12-10(5-9)11(7-15-12)8-3-4-14-6-8;3-1(4)2(5)6/h1-2,5,7-8,14-15H,3-4,6H2;(H,3,4)(H,5,6). The van der Waals surface area contributed by atoms with Crippen LogP contribution in [0.15, 0.2) is 24.4 Å². The van der Waals surface area contributed by atoms with Crippen LogP contribution < -0.4 is 5.32 Å². The Kier molecular flexibility index (Phi) is 4.54. The number of hydrogen-bond donors (Lipinski definition) is 4. The Morgan fingerprint density at radius 1 is 1.24 bits per heavy atom. The molecular formula is C14H15FN2O4. The van der Waals surface area contributed by atoms with Gasteiger partial charge < -0.3 is 20.5 Å². The van der Waals surface area contributed by atoms with E-state index in [-0.39, 0.29) is 5.82 Å². The molecule has 1 atom stereocenters. The van der Waals surface area contributed by atoms with Crippen molar-refractivity contribution in [3.63, 3.8) is 0 Å². The molecule has 0 amide bonds. The van der Waals surface area contributed by atoms with E-state index < -0.39 is 11.9 Å². The normalized spacial score (nSPS) is 17.3. The van der Waals surface area contributed by atoms with Gasteiger partial charge in [0.1, 0.15) is 5.82 Å². The molecule has 1 aliphatic rings. The Morgan fingerprint density at radius 2 is 1.95 bits per heavy atom. The van der Waals surface area contributed by atoms with E-state index in [1.165, 1.54) is 11.6 Å². The molecule has 4 N–H and O–H groups in total. The van der Waals surface area contributed by atoms with Gasteiger partial charge in [0.2, 0.25) is 0 Å². The van der Waals surface area contributed by atoms with Crippen molar-refractivity contribution in [2.45, 2.75) is 12.3 Å². The monoisotopic (exact) mass is 294 g/mol. The smallest absolute Gasteiger partial charge is 0.414 e. The lowest BCUT2D eigenvalue weighted by Crippen LogP contribution is -2.09. The van der Waals surface area contributed by atoms with Crippen molar-refractivity contribution in [1.82, 2.24) is 10.3 Å². The molecule has 1 aromatic carbocycles. The summed E-state index contributed by atoms with van der Waals surface area (Å²) in [7, 11) is 0. The van der Waals surface area contributed by atoms with E-state index in [0.717, 1.165) is 30.4 Å². The number of H-pyrrole nitrogens is 1. The number of hydrogen-bond acceptors (Lipinski definition) is 3. The van der Waals surface area contributed by atoms with Crippen LogP contribution in [0.1, 0.15) is 17.9 Å². The van der Waals surface area contributed by atoms with Crippen molar-refractivity contribution in [3.8, 4) is 0 Å². The first kappa shape index (κ1) is 15.0. The van der Waals surface area contributed by atoms with Crippen LogP contribution in [0.25, 0.3) is 10.9 Å². The Hall–Kier alpha value is -2.41. The van der Waals surface area contributed by atoms with E-state index in [2.05, 4.69) is 10.3 Å². The Morgan fingerprint density at radius 3 is 2.52 bits per heavy atom. The summed E-state index contributed by atoms with van der Waals surface area (Å²) in [6, 6.07) is 4.92. The van der Waals surface area contributed by atoms with E-state index in [9.17, 15) is 4.39 Å². The second-order valence-corrected chi connectivity index (χ2v) is 4.73. The average molecular weight is 294 g/mol. The number of fused-ring (bicyclic) bond motifs is 1. The first-order chi connectivity index (χ1) is 9.99. The molecule has 0 saturated carbocycles. The first-order valence-corrected chi connectivity index (χ1v) is 6.42. The quantitative estimate of drug-likeness (QED) is 0.597. The molecule has 2 aromatic rings. The lowest BCUT2D eigenvalue weighted by Gasteiger charge is -2.06. The molecule has 0 radical (unpaired) electrons. The zero-order valence-electron chi connectivity index (χ0n) is 11.1. The number of aromatic nitrogens is 1. The number of nitrogens with one attached hydrogen (secondary N) is 2. The van der Waals surface area contributed by atoms with Gasteiger partial charge in [0.15, 0.2) is 0 Å². The van der Waals surface area contributed by atoms with Gasteiger partial charge in [0.05, 0.1) is 0 Å². The molecule has 1 aromatic heterocycles. The Balaban J connectivity index is 0.000000232. The molecule has 1 saturated heterocycles. The minimum absolute atomic E-state index is 0.158. The molecule has 1 aliphatic heterocycles. The molecule has 0 aliphatic carbocycles. The summed E-state index contributed by atoms with van der Waals surface area (Å²) in [6.45, 7) is 2.07. The third kappa shape index (κ3) is 3.57. The molecule has 1 fully saturated rings. The Labute approximate surface area is 119 Å². The van der Waals surface area contributed by atoms with Crippen molar-refractivity contribution in [2.75, 3.05) is 13.1 Å². The van der Waals surface area contributed by atoms with E-state index in [1.807, 2.05) is 6.20 Å². The molecule has 21 heavy (non-hydrogen) atoms. The largest absolute Gasteiger partial charge is 0.473 e. The predicted molar refractivity (Wildman–Crippen MR) is 73.8 cm³/mol. The van der Waals surface area contributed by atoms with Gasteiger partial charge in [-0.1, -0.05) is 0 Å². The highest BCUT2D eigenvalue weighted by Gasteiger charge is 2.19. The number of carboxylic acids is 2. The number of rotatable bonds is 1. The van der Waals surface area contributed by atoms with Crippen LogP contribution in [-0.4, -0.2) is 40.2 Å². The molecule has 0 spiro atoms. The summed E-state index contributed by atoms with van der Waals surface area (Å²) in [4.78, 5) is 21.4. The molecule has 112 valence electrons.